The number of ketones is 3. The van der Waals surface area contributed by atoms with E-state index in [0.29, 0.717) is 12.2 Å². The lowest BCUT2D eigenvalue weighted by Crippen LogP contribution is -2.68. The van der Waals surface area contributed by atoms with Gasteiger partial charge in [-0.1, -0.05) is 47.6 Å². The van der Waals surface area contributed by atoms with E-state index in [2.05, 4.69) is 39.5 Å². The quantitative estimate of drug-likeness (QED) is 0.411. The van der Waals surface area contributed by atoms with Crippen molar-refractivity contribution in [2.24, 2.45) is 56.7 Å². The molecule has 0 aromatic rings. The predicted molar refractivity (Wildman–Crippen MR) is 142 cm³/mol. The van der Waals surface area contributed by atoms with E-state index in [1.54, 1.807) is 7.11 Å². The average Bonchev–Trinajstić information content (AvgIpc) is 2.82. The molecule has 0 amide bonds. The van der Waals surface area contributed by atoms with Crippen LogP contribution < -0.4 is 0 Å². The second-order valence-electron chi connectivity index (χ2n) is 14.8. The van der Waals surface area contributed by atoms with Crippen molar-refractivity contribution in [3.05, 3.63) is 23.2 Å². The van der Waals surface area contributed by atoms with E-state index in [4.69, 9.17) is 11.3 Å². The Morgan fingerprint density at radius 2 is 1.70 bits per heavy atom. The lowest BCUT2D eigenvalue weighted by atomic mass is 9.32. The van der Waals surface area contributed by atoms with Crippen molar-refractivity contribution in [1.82, 2.24) is 0 Å². The van der Waals surface area contributed by atoms with Crippen LogP contribution in [0.25, 0.3) is 4.85 Å². The molecule has 0 N–H and O–H groups in total. The molecule has 202 valence electrons. The molecule has 0 aliphatic heterocycles. The number of rotatable bonds is 3. The SMILES string of the molecule is [C-]#[N+]C1=C[C@]2(C)[C@H]3CC(=O)[C@@H]4[C@@H]5CC(C)(C)CC[C@]5(C(=O)COC)CC[C@@]4(C)[C@]3(C)CC[C@H]2[C@H](C)C1=O. The molecule has 37 heavy (non-hydrogen) atoms. The molecular formula is C32H45NO4. The molecule has 0 bridgehead atoms. The summed E-state index contributed by atoms with van der Waals surface area (Å²) in [4.78, 5) is 44.7. The minimum Gasteiger partial charge on any atom is -0.377 e. The highest BCUT2D eigenvalue weighted by atomic mass is 16.5. The summed E-state index contributed by atoms with van der Waals surface area (Å²) in [6, 6.07) is 0. The molecule has 5 aliphatic carbocycles. The second kappa shape index (κ2) is 8.35. The van der Waals surface area contributed by atoms with Gasteiger partial charge in [-0.15, -0.1) is 0 Å². The van der Waals surface area contributed by atoms with E-state index in [-0.39, 0.29) is 75.1 Å². The molecular weight excluding hydrogens is 462 g/mol. The number of fused-ring (bicyclic) bond motifs is 7. The number of carbonyl (C=O) groups excluding carboxylic acids is 3. The van der Waals surface area contributed by atoms with Gasteiger partial charge in [0.05, 0.1) is 6.57 Å². The van der Waals surface area contributed by atoms with E-state index in [1.165, 1.54) is 0 Å². The van der Waals surface area contributed by atoms with Gasteiger partial charge in [-0.3, -0.25) is 9.59 Å². The van der Waals surface area contributed by atoms with Gasteiger partial charge in [-0.25, -0.2) is 4.85 Å². The molecule has 0 aromatic carbocycles. The van der Waals surface area contributed by atoms with Crippen molar-refractivity contribution in [1.29, 1.82) is 0 Å². The molecule has 5 aliphatic rings. The Kier molecular flexibility index (Phi) is 6.04. The number of hydrogen-bond acceptors (Lipinski definition) is 4. The zero-order valence-electron chi connectivity index (χ0n) is 23.9. The second-order valence-corrected chi connectivity index (χ2v) is 14.8. The molecule has 5 nitrogen and oxygen atoms in total. The molecule has 0 heterocycles. The summed E-state index contributed by atoms with van der Waals surface area (Å²) in [6.07, 6.45) is 8.85. The first-order chi connectivity index (χ1) is 17.2. The van der Waals surface area contributed by atoms with Gasteiger partial charge in [-0.05, 0) is 84.4 Å². The maximum Gasteiger partial charge on any atom is 0.226 e. The standard InChI is InChI=1S/C32H45NO4/c1-19-20-9-10-30(5)24(29(20,4)17-22(33-7)27(19)36)15-23(34)26-21-16-28(2,3)11-13-32(21,25(35)18-37-8)14-12-31(26,30)6/h17,19-21,24,26H,9-16,18H2,1-6,8H3/t19-,20-,21-,24+,26-,29-,30+,31+,32-/m0/s1. The molecule has 0 saturated heterocycles. The molecule has 4 fully saturated rings. The third kappa shape index (κ3) is 3.39. The lowest BCUT2D eigenvalue weighted by Gasteiger charge is -2.71. The summed E-state index contributed by atoms with van der Waals surface area (Å²) in [6.45, 7) is 21.4. The zero-order chi connectivity index (χ0) is 27.2. The summed E-state index contributed by atoms with van der Waals surface area (Å²) >= 11 is 0. The molecule has 4 saturated carbocycles. The number of allylic oxidation sites excluding steroid dienone is 2. The number of carbonyl (C=O) groups is 3. The van der Waals surface area contributed by atoms with Crippen LogP contribution in [0.2, 0.25) is 0 Å². The van der Waals surface area contributed by atoms with Crippen LogP contribution in [-0.4, -0.2) is 31.1 Å². The summed E-state index contributed by atoms with van der Waals surface area (Å²) in [5.74, 6) is 0.466. The van der Waals surface area contributed by atoms with Crippen LogP contribution in [0.5, 0.6) is 0 Å². The largest absolute Gasteiger partial charge is 0.377 e. The number of nitrogens with zero attached hydrogens (tertiary/aromatic N) is 1. The fourth-order valence-electron chi connectivity index (χ4n) is 10.7. The van der Waals surface area contributed by atoms with Crippen LogP contribution in [0.15, 0.2) is 11.8 Å². The summed E-state index contributed by atoms with van der Waals surface area (Å²) in [5.41, 5.74) is -0.759. The maximum absolute atomic E-state index is 14.4. The molecule has 0 radical (unpaired) electrons. The topological polar surface area (TPSA) is 64.8 Å². The van der Waals surface area contributed by atoms with Gasteiger partial charge in [0.1, 0.15) is 12.4 Å². The molecule has 0 unspecified atom stereocenters. The molecule has 5 heteroatoms. The van der Waals surface area contributed by atoms with Gasteiger partial charge in [0, 0.05) is 30.8 Å². The number of methoxy groups -OCH3 is 1. The lowest BCUT2D eigenvalue weighted by molar-refractivity contribution is -0.218. The molecule has 0 aromatic heterocycles. The summed E-state index contributed by atoms with van der Waals surface area (Å²) in [7, 11) is 1.60. The van der Waals surface area contributed by atoms with E-state index in [9.17, 15) is 14.4 Å². The smallest absolute Gasteiger partial charge is 0.226 e. The molecule has 5 rings (SSSR count). The predicted octanol–water partition coefficient (Wildman–Crippen LogP) is 6.46. The van der Waals surface area contributed by atoms with Crippen LogP contribution in [-0.2, 0) is 19.1 Å². The first kappa shape index (κ1) is 26.8. The monoisotopic (exact) mass is 507 g/mol. The normalized spacial score (nSPS) is 48.5. The Balaban J connectivity index is 1.62. The Bertz CT molecular complexity index is 1110. The zero-order valence-corrected chi connectivity index (χ0v) is 23.9. The Hall–Kier alpha value is -1.80. The number of ether oxygens (including phenoxy) is 1. The fraction of sp³-hybridized carbons (Fsp3) is 0.812. The van der Waals surface area contributed by atoms with Crippen molar-refractivity contribution in [2.75, 3.05) is 13.7 Å². The van der Waals surface area contributed by atoms with E-state index < -0.39 is 5.41 Å². The van der Waals surface area contributed by atoms with Gasteiger partial charge < -0.3 is 9.53 Å². The number of hydrogen-bond donors (Lipinski definition) is 0. The van der Waals surface area contributed by atoms with E-state index >= 15 is 0 Å². The highest BCUT2D eigenvalue weighted by molar-refractivity contribution is 6.00. The van der Waals surface area contributed by atoms with Crippen molar-refractivity contribution in [2.45, 2.75) is 92.9 Å². The van der Waals surface area contributed by atoms with Crippen molar-refractivity contribution in [3.63, 3.8) is 0 Å². The van der Waals surface area contributed by atoms with Crippen LogP contribution in [0.3, 0.4) is 0 Å². The summed E-state index contributed by atoms with van der Waals surface area (Å²) in [5, 5.41) is 0. The Labute approximate surface area is 223 Å². The van der Waals surface area contributed by atoms with E-state index in [0.717, 1.165) is 44.9 Å². The van der Waals surface area contributed by atoms with Crippen LogP contribution in [0.1, 0.15) is 92.9 Å². The van der Waals surface area contributed by atoms with E-state index in [1.807, 2.05) is 13.0 Å². The van der Waals surface area contributed by atoms with Crippen molar-refractivity contribution in [3.8, 4) is 0 Å². The van der Waals surface area contributed by atoms with Gasteiger partial charge in [-0.2, -0.15) is 0 Å². The van der Waals surface area contributed by atoms with Gasteiger partial charge >= 0.3 is 0 Å². The van der Waals surface area contributed by atoms with Crippen molar-refractivity contribution >= 4 is 17.3 Å². The minimum absolute atomic E-state index is 0.0316. The maximum atomic E-state index is 14.4. The highest BCUT2D eigenvalue weighted by Crippen LogP contribution is 2.75. The van der Waals surface area contributed by atoms with Gasteiger partial charge in [0.25, 0.3) is 0 Å². The molecule has 9 atom stereocenters. The third-order valence-electron chi connectivity index (χ3n) is 12.9. The minimum atomic E-state index is -0.460. The summed E-state index contributed by atoms with van der Waals surface area (Å²) < 4.78 is 5.37. The van der Waals surface area contributed by atoms with Crippen LogP contribution >= 0.6 is 0 Å². The Morgan fingerprint density at radius 1 is 1.03 bits per heavy atom. The highest BCUT2D eigenvalue weighted by Gasteiger charge is 2.72. The fourth-order valence-corrected chi connectivity index (χ4v) is 10.7. The van der Waals surface area contributed by atoms with Gasteiger partial charge in [0.2, 0.25) is 5.70 Å². The number of Topliss-reactive ketones (excluding diaryl/α,β-unsaturated/α-hetero) is 3. The van der Waals surface area contributed by atoms with Crippen molar-refractivity contribution < 1.29 is 19.1 Å². The molecule has 0 spiro atoms. The van der Waals surface area contributed by atoms with Gasteiger partial charge in [0.15, 0.2) is 11.6 Å². The van der Waals surface area contributed by atoms with Crippen LogP contribution in [0.4, 0.5) is 0 Å². The third-order valence-corrected chi connectivity index (χ3v) is 12.9. The van der Waals surface area contributed by atoms with Crippen LogP contribution in [0, 0.1) is 63.2 Å². The first-order valence-corrected chi connectivity index (χ1v) is 14.4. The average molecular weight is 508 g/mol. The Morgan fingerprint density at radius 3 is 2.35 bits per heavy atom. The first-order valence-electron chi connectivity index (χ1n) is 14.4.